The molecule has 2 saturated heterocycles. The molecule has 2 aliphatic rings. The number of piperidine rings is 1. The molecule has 3 nitrogen and oxygen atoms in total. The van der Waals surface area contributed by atoms with Crippen molar-refractivity contribution in [3.63, 3.8) is 0 Å². The lowest BCUT2D eigenvalue weighted by molar-refractivity contribution is 0.245. The van der Waals surface area contributed by atoms with Crippen LogP contribution in [0.25, 0.3) is 0 Å². The minimum absolute atomic E-state index is 0.950. The minimum Gasteiger partial charge on any atom is -0.316 e. The van der Waals surface area contributed by atoms with E-state index in [0.29, 0.717) is 0 Å². The Hall–Kier alpha value is -0.120. The maximum atomic E-state index is 3.51. The van der Waals surface area contributed by atoms with Crippen LogP contribution < -0.4 is 5.32 Å². The molecule has 1 N–H and O–H groups in total. The third kappa shape index (κ3) is 5.25. The predicted octanol–water partition coefficient (Wildman–Crippen LogP) is 1.79. The first-order chi connectivity index (χ1) is 8.84. The monoisotopic (exact) mass is 253 g/mol. The molecule has 1 unspecified atom stereocenters. The fraction of sp³-hybridized carbons (Fsp3) is 1.00. The summed E-state index contributed by atoms with van der Waals surface area (Å²) in [5, 5.41) is 3.51. The van der Waals surface area contributed by atoms with E-state index in [4.69, 9.17) is 0 Å². The van der Waals surface area contributed by atoms with E-state index in [-0.39, 0.29) is 0 Å². The van der Waals surface area contributed by atoms with Gasteiger partial charge in [0.05, 0.1) is 0 Å². The zero-order chi connectivity index (χ0) is 12.6. The molecular weight excluding hydrogens is 222 g/mol. The van der Waals surface area contributed by atoms with E-state index in [1.165, 1.54) is 84.3 Å². The first-order valence-corrected chi connectivity index (χ1v) is 7.96. The third-order valence-corrected chi connectivity index (χ3v) is 4.55. The highest BCUT2D eigenvalue weighted by atomic mass is 15.2. The second kappa shape index (κ2) is 8.13. The van der Waals surface area contributed by atoms with Crippen molar-refractivity contribution in [1.29, 1.82) is 0 Å². The molecule has 0 aromatic carbocycles. The van der Waals surface area contributed by atoms with Gasteiger partial charge in [0.1, 0.15) is 0 Å². The van der Waals surface area contributed by atoms with Crippen LogP contribution in [0.3, 0.4) is 0 Å². The number of hydrogen-bond donors (Lipinski definition) is 1. The average molecular weight is 253 g/mol. The van der Waals surface area contributed by atoms with E-state index in [2.05, 4.69) is 22.2 Å². The third-order valence-electron chi connectivity index (χ3n) is 4.55. The minimum atomic E-state index is 0.950. The van der Waals surface area contributed by atoms with Crippen LogP contribution in [0.4, 0.5) is 0 Å². The summed E-state index contributed by atoms with van der Waals surface area (Å²) < 4.78 is 0. The Bertz CT molecular complexity index is 208. The molecule has 2 heterocycles. The highest BCUT2D eigenvalue weighted by Crippen LogP contribution is 2.15. The molecule has 0 amide bonds. The van der Waals surface area contributed by atoms with E-state index in [1.54, 1.807) is 0 Å². The van der Waals surface area contributed by atoms with Gasteiger partial charge < -0.3 is 15.1 Å². The second-order valence-electron chi connectivity index (χ2n) is 6.21. The van der Waals surface area contributed by atoms with Crippen LogP contribution in [0.2, 0.25) is 0 Å². The predicted molar refractivity (Wildman–Crippen MR) is 78.0 cm³/mol. The van der Waals surface area contributed by atoms with Gasteiger partial charge in [-0.15, -0.1) is 0 Å². The molecule has 0 radical (unpaired) electrons. The molecule has 0 spiro atoms. The normalized spacial score (nSPS) is 26.0. The molecule has 2 rings (SSSR count). The first-order valence-electron chi connectivity index (χ1n) is 7.96. The van der Waals surface area contributed by atoms with Gasteiger partial charge in [0, 0.05) is 13.1 Å². The largest absolute Gasteiger partial charge is 0.316 e. The van der Waals surface area contributed by atoms with Crippen LogP contribution in [-0.2, 0) is 0 Å². The molecule has 0 aromatic rings. The fourth-order valence-electron chi connectivity index (χ4n) is 3.25. The van der Waals surface area contributed by atoms with Crippen LogP contribution in [-0.4, -0.2) is 62.7 Å². The Morgan fingerprint density at radius 2 is 2.00 bits per heavy atom. The lowest BCUT2D eigenvalue weighted by Crippen LogP contribution is -2.33. The van der Waals surface area contributed by atoms with Gasteiger partial charge in [-0.1, -0.05) is 0 Å². The van der Waals surface area contributed by atoms with Crippen molar-refractivity contribution >= 4 is 0 Å². The second-order valence-corrected chi connectivity index (χ2v) is 6.21. The summed E-state index contributed by atoms with van der Waals surface area (Å²) in [7, 11) is 2.29. The lowest BCUT2D eigenvalue weighted by Gasteiger charge is -2.24. The van der Waals surface area contributed by atoms with Crippen molar-refractivity contribution in [3.8, 4) is 0 Å². The number of nitrogens with one attached hydrogen (secondary N) is 1. The zero-order valence-electron chi connectivity index (χ0n) is 12.2. The van der Waals surface area contributed by atoms with Crippen LogP contribution in [0.5, 0.6) is 0 Å². The summed E-state index contributed by atoms with van der Waals surface area (Å²) >= 11 is 0. The molecule has 0 bridgehead atoms. The van der Waals surface area contributed by atoms with E-state index < -0.39 is 0 Å². The van der Waals surface area contributed by atoms with E-state index >= 15 is 0 Å². The lowest BCUT2D eigenvalue weighted by atomic mass is 9.95. The molecule has 2 fully saturated rings. The summed E-state index contributed by atoms with van der Waals surface area (Å²) in [5.41, 5.74) is 0. The Balaban J connectivity index is 1.47. The Morgan fingerprint density at radius 3 is 2.72 bits per heavy atom. The first kappa shape index (κ1) is 14.3. The quantitative estimate of drug-likeness (QED) is 0.746. The molecule has 106 valence electrons. The highest BCUT2D eigenvalue weighted by Gasteiger charge is 2.14. The molecular formula is C15H31N3. The van der Waals surface area contributed by atoms with E-state index in [1.807, 2.05) is 0 Å². The Kier molecular flexibility index (Phi) is 6.46. The number of rotatable bonds is 7. The van der Waals surface area contributed by atoms with Crippen molar-refractivity contribution in [2.24, 2.45) is 5.92 Å². The number of nitrogens with zero attached hydrogens (tertiary/aromatic N) is 2. The van der Waals surface area contributed by atoms with Gasteiger partial charge >= 0.3 is 0 Å². The van der Waals surface area contributed by atoms with Crippen molar-refractivity contribution in [2.45, 2.75) is 38.5 Å². The van der Waals surface area contributed by atoms with Crippen molar-refractivity contribution in [1.82, 2.24) is 15.1 Å². The molecule has 18 heavy (non-hydrogen) atoms. The Morgan fingerprint density at radius 1 is 1.17 bits per heavy atom. The van der Waals surface area contributed by atoms with Crippen molar-refractivity contribution in [2.75, 3.05) is 52.9 Å². The summed E-state index contributed by atoms with van der Waals surface area (Å²) in [6.45, 7) is 8.99. The van der Waals surface area contributed by atoms with Crippen LogP contribution in [0.1, 0.15) is 38.5 Å². The van der Waals surface area contributed by atoms with E-state index in [9.17, 15) is 0 Å². The number of hydrogen-bond acceptors (Lipinski definition) is 3. The summed E-state index contributed by atoms with van der Waals surface area (Å²) in [4.78, 5) is 5.14. The number of likely N-dealkylation sites (N-methyl/N-ethyl adjacent to an activating group) is 1. The smallest absolute Gasteiger partial charge is 0.0109 e. The fourth-order valence-corrected chi connectivity index (χ4v) is 3.25. The van der Waals surface area contributed by atoms with Gasteiger partial charge in [0.25, 0.3) is 0 Å². The summed E-state index contributed by atoms with van der Waals surface area (Å²) in [6, 6.07) is 0. The Labute approximate surface area is 113 Å². The maximum absolute atomic E-state index is 3.51. The average Bonchev–Trinajstić information content (AvgIpc) is 2.91. The van der Waals surface area contributed by atoms with Crippen LogP contribution >= 0.6 is 0 Å². The molecule has 0 aliphatic carbocycles. The molecule has 0 aromatic heterocycles. The SMILES string of the molecule is CN(CCCC1CCCNC1)CCN1CCCC1. The maximum Gasteiger partial charge on any atom is 0.0109 e. The van der Waals surface area contributed by atoms with Crippen molar-refractivity contribution in [3.05, 3.63) is 0 Å². The molecule has 2 aliphatic heterocycles. The van der Waals surface area contributed by atoms with E-state index in [0.717, 1.165) is 5.92 Å². The topological polar surface area (TPSA) is 18.5 Å². The summed E-state index contributed by atoms with van der Waals surface area (Å²) in [6.07, 6.45) is 8.46. The van der Waals surface area contributed by atoms with Crippen LogP contribution in [0, 0.1) is 5.92 Å². The van der Waals surface area contributed by atoms with Gasteiger partial charge in [-0.25, -0.2) is 0 Å². The van der Waals surface area contributed by atoms with Gasteiger partial charge in [-0.2, -0.15) is 0 Å². The van der Waals surface area contributed by atoms with Gasteiger partial charge in [0.2, 0.25) is 0 Å². The van der Waals surface area contributed by atoms with Crippen molar-refractivity contribution < 1.29 is 0 Å². The molecule has 1 atom stereocenters. The molecule has 0 saturated carbocycles. The standard InChI is InChI=1S/C15H31N3/c1-17(12-13-18-10-2-3-11-18)9-5-7-15-6-4-8-16-14-15/h15-16H,2-14H2,1H3. The zero-order valence-corrected chi connectivity index (χ0v) is 12.2. The number of likely N-dealkylation sites (tertiary alicyclic amines) is 1. The van der Waals surface area contributed by atoms with Gasteiger partial charge in [0.15, 0.2) is 0 Å². The van der Waals surface area contributed by atoms with Gasteiger partial charge in [-0.3, -0.25) is 0 Å². The summed E-state index contributed by atoms with van der Waals surface area (Å²) in [5.74, 6) is 0.950. The molecule has 3 heteroatoms. The van der Waals surface area contributed by atoms with Crippen LogP contribution in [0.15, 0.2) is 0 Å². The van der Waals surface area contributed by atoms with Gasteiger partial charge in [-0.05, 0) is 84.2 Å². The highest BCUT2D eigenvalue weighted by molar-refractivity contribution is 4.70.